The lowest BCUT2D eigenvalue weighted by molar-refractivity contribution is 0.180. The average Bonchev–Trinajstić information content (AvgIpc) is 2.56. The molecule has 1 aromatic heterocycles. The van der Waals surface area contributed by atoms with Crippen LogP contribution in [0.4, 0.5) is 0 Å². The van der Waals surface area contributed by atoms with Gasteiger partial charge in [0, 0.05) is 43.4 Å². The summed E-state index contributed by atoms with van der Waals surface area (Å²) >= 11 is 3.38. The van der Waals surface area contributed by atoms with Gasteiger partial charge in [-0.3, -0.25) is 9.88 Å². The number of piperazine rings is 1. The van der Waals surface area contributed by atoms with E-state index in [0.29, 0.717) is 35.5 Å². The Labute approximate surface area is 151 Å². The monoisotopic (exact) mass is 409 g/mol. The standard InChI is InChI=1S/C17H20BrN3O2S/c1-14-5-6-17(16(18)12-14)24(22,23)21-10-8-20(9-11-21)13-15-4-2-3-7-19-15/h2-7,12H,8-11,13H2,1H3. The van der Waals surface area contributed by atoms with Crippen molar-refractivity contribution in [1.29, 1.82) is 0 Å². The first-order chi connectivity index (χ1) is 11.5. The lowest BCUT2D eigenvalue weighted by Crippen LogP contribution is -2.48. The molecule has 1 aliphatic rings. The molecule has 0 spiro atoms. The van der Waals surface area contributed by atoms with E-state index < -0.39 is 10.0 Å². The van der Waals surface area contributed by atoms with Crippen molar-refractivity contribution >= 4 is 26.0 Å². The second-order valence-corrected chi connectivity index (χ2v) is 8.70. The number of nitrogens with zero attached hydrogens (tertiary/aromatic N) is 3. The first-order valence-electron chi connectivity index (χ1n) is 7.85. The van der Waals surface area contributed by atoms with Crippen molar-refractivity contribution in [3.05, 3.63) is 58.3 Å². The predicted octanol–water partition coefficient (Wildman–Crippen LogP) is 2.66. The van der Waals surface area contributed by atoms with E-state index in [9.17, 15) is 8.42 Å². The van der Waals surface area contributed by atoms with Gasteiger partial charge in [0.25, 0.3) is 0 Å². The Kier molecular flexibility index (Phi) is 5.34. The Morgan fingerprint density at radius 1 is 1.12 bits per heavy atom. The lowest BCUT2D eigenvalue weighted by atomic mass is 10.2. The van der Waals surface area contributed by atoms with Gasteiger partial charge in [0.2, 0.25) is 10.0 Å². The van der Waals surface area contributed by atoms with Crippen LogP contribution in [-0.2, 0) is 16.6 Å². The molecule has 1 aliphatic heterocycles. The van der Waals surface area contributed by atoms with Crippen molar-refractivity contribution in [2.45, 2.75) is 18.4 Å². The number of sulfonamides is 1. The molecule has 2 aromatic rings. The normalized spacial score (nSPS) is 17.1. The molecule has 0 saturated carbocycles. The molecule has 2 heterocycles. The molecule has 0 unspecified atom stereocenters. The summed E-state index contributed by atoms with van der Waals surface area (Å²) in [5, 5.41) is 0. The van der Waals surface area contributed by atoms with Gasteiger partial charge in [-0.05, 0) is 52.7 Å². The Morgan fingerprint density at radius 2 is 1.88 bits per heavy atom. The van der Waals surface area contributed by atoms with Crippen LogP contribution in [0.3, 0.4) is 0 Å². The molecule has 128 valence electrons. The summed E-state index contributed by atoms with van der Waals surface area (Å²) in [6, 6.07) is 11.2. The van der Waals surface area contributed by atoms with Gasteiger partial charge in [-0.15, -0.1) is 0 Å². The summed E-state index contributed by atoms with van der Waals surface area (Å²) in [6.07, 6.45) is 1.78. The molecule has 5 nitrogen and oxygen atoms in total. The molecule has 0 N–H and O–H groups in total. The SMILES string of the molecule is Cc1ccc(S(=O)(=O)N2CCN(Cc3ccccn3)CC2)c(Br)c1. The van der Waals surface area contributed by atoms with Gasteiger partial charge in [-0.1, -0.05) is 12.1 Å². The fraction of sp³-hybridized carbons (Fsp3) is 0.353. The zero-order valence-electron chi connectivity index (χ0n) is 13.5. The minimum Gasteiger partial charge on any atom is -0.295 e. The summed E-state index contributed by atoms with van der Waals surface area (Å²) in [7, 11) is -3.46. The van der Waals surface area contributed by atoms with Crippen LogP contribution in [-0.4, -0.2) is 48.8 Å². The number of aromatic nitrogens is 1. The van der Waals surface area contributed by atoms with Crippen molar-refractivity contribution in [2.75, 3.05) is 26.2 Å². The van der Waals surface area contributed by atoms with Gasteiger partial charge >= 0.3 is 0 Å². The number of benzene rings is 1. The summed E-state index contributed by atoms with van der Waals surface area (Å²) in [4.78, 5) is 6.90. The third-order valence-corrected chi connectivity index (χ3v) is 7.02. The maximum absolute atomic E-state index is 12.8. The van der Waals surface area contributed by atoms with Gasteiger partial charge in [0.15, 0.2) is 0 Å². The average molecular weight is 410 g/mol. The van der Waals surface area contributed by atoms with Crippen LogP contribution < -0.4 is 0 Å². The van der Waals surface area contributed by atoms with Crippen LogP contribution in [0.15, 0.2) is 52.0 Å². The van der Waals surface area contributed by atoms with E-state index >= 15 is 0 Å². The second kappa shape index (κ2) is 7.31. The van der Waals surface area contributed by atoms with Gasteiger partial charge in [0.1, 0.15) is 0 Å². The number of rotatable bonds is 4. The van der Waals surface area contributed by atoms with Crippen molar-refractivity contribution in [3.8, 4) is 0 Å². The molecule has 24 heavy (non-hydrogen) atoms. The van der Waals surface area contributed by atoms with Crippen molar-refractivity contribution in [2.24, 2.45) is 0 Å². The van der Waals surface area contributed by atoms with Crippen molar-refractivity contribution in [3.63, 3.8) is 0 Å². The van der Waals surface area contributed by atoms with Crippen LogP contribution in [0.5, 0.6) is 0 Å². The number of aryl methyl sites for hydroxylation is 1. The maximum Gasteiger partial charge on any atom is 0.244 e. The Hall–Kier alpha value is -1.28. The van der Waals surface area contributed by atoms with E-state index in [4.69, 9.17) is 0 Å². The summed E-state index contributed by atoms with van der Waals surface area (Å²) in [6.45, 7) is 5.10. The number of pyridine rings is 1. The molecule has 0 aliphatic carbocycles. The lowest BCUT2D eigenvalue weighted by Gasteiger charge is -2.33. The molecule has 0 radical (unpaired) electrons. The van der Waals surface area contributed by atoms with E-state index in [-0.39, 0.29) is 0 Å². The van der Waals surface area contributed by atoms with Gasteiger partial charge in [-0.2, -0.15) is 4.31 Å². The molecular weight excluding hydrogens is 390 g/mol. The summed E-state index contributed by atoms with van der Waals surface area (Å²) in [5.74, 6) is 0. The Balaban J connectivity index is 1.67. The number of hydrogen-bond acceptors (Lipinski definition) is 4. The van der Waals surface area contributed by atoms with Crippen LogP contribution in [0, 0.1) is 6.92 Å². The van der Waals surface area contributed by atoms with Crippen LogP contribution in [0.1, 0.15) is 11.3 Å². The van der Waals surface area contributed by atoms with Gasteiger partial charge in [-0.25, -0.2) is 8.42 Å². The summed E-state index contributed by atoms with van der Waals surface area (Å²) in [5.41, 5.74) is 2.04. The summed E-state index contributed by atoms with van der Waals surface area (Å²) < 4.78 is 27.9. The van der Waals surface area contributed by atoms with Gasteiger partial charge in [0.05, 0.1) is 10.6 Å². The molecule has 7 heteroatoms. The first kappa shape index (κ1) is 17.5. The van der Waals surface area contributed by atoms with Crippen LogP contribution >= 0.6 is 15.9 Å². The molecule has 0 amide bonds. The first-order valence-corrected chi connectivity index (χ1v) is 10.1. The quantitative estimate of drug-likeness (QED) is 0.778. The van der Waals surface area contributed by atoms with Crippen molar-refractivity contribution < 1.29 is 8.42 Å². The smallest absolute Gasteiger partial charge is 0.244 e. The topological polar surface area (TPSA) is 53.5 Å². The minimum atomic E-state index is -3.46. The highest BCUT2D eigenvalue weighted by Crippen LogP contribution is 2.26. The third kappa shape index (κ3) is 3.85. The van der Waals surface area contributed by atoms with E-state index in [1.807, 2.05) is 37.3 Å². The molecule has 1 saturated heterocycles. The molecule has 1 aromatic carbocycles. The minimum absolute atomic E-state index is 0.339. The van der Waals surface area contributed by atoms with Gasteiger partial charge < -0.3 is 0 Å². The molecule has 1 fully saturated rings. The Bertz CT molecular complexity index is 804. The number of hydrogen-bond donors (Lipinski definition) is 0. The highest BCUT2D eigenvalue weighted by Gasteiger charge is 2.29. The van der Waals surface area contributed by atoms with E-state index in [1.54, 1.807) is 16.6 Å². The highest BCUT2D eigenvalue weighted by molar-refractivity contribution is 9.10. The molecule has 0 bridgehead atoms. The fourth-order valence-corrected chi connectivity index (χ4v) is 5.38. The van der Waals surface area contributed by atoms with E-state index in [0.717, 1.165) is 17.8 Å². The highest BCUT2D eigenvalue weighted by atomic mass is 79.9. The van der Waals surface area contributed by atoms with E-state index in [2.05, 4.69) is 25.8 Å². The van der Waals surface area contributed by atoms with Crippen LogP contribution in [0.25, 0.3) is 0 Å². The fourth-order valence-electron chi connectivity index (χ4n) is 2.80. The Morgan fingerprint density at radius 3 is 2.50 bits per heavy atom. The zero-order valence-corrected chi connectivity index (χ0v) is 15.9. The maximum atomic E-state index is 12.8. The third-order valence-electron chi connectivity index (χ3n) is 4.15. The zero-order chi connectivity index (χ0) is 17.2. The molecule has 0 atom stereocenters. The van der Waals surface area contributed by atoms with E-state index in [1.165, 1.54) is 0 Å². The van der Waals surface area contributed by atoms with Crippen molar-refractivity contribution in [1.82, 2.24) is 14.2 Å². The molecule has 3 rings (SSSR count). The molecular formula is C17H20BrN3O2S. The number of halogens is 1. The second-order valence-electron chi connectivity index (χ2n) is 5.94. The van der Waals surface area contributed by atoms with Crippen LogP contribution in [0.2, 0.25) is 0 Å². The predicted molar refractivity (Wildman–Crippen MR) is 97.2 cm³/mol. The largest absolute Gasteiger partial charge is 0.295 e.